The van der Waals surface area contributed by atoms with Gasteiger partial charge < -0.3 is 4.90 Å². The van der Waals surface area contributed by atoms with Crippen LogP contribution < -0.4 is 4.90 Å². The van der Waals surface area contributed by atoms with Gasteiger partial charge in [-0.3, -0.25) is 4.90 Å². The molecule has 1 fully saturated rings. The first-order valence-electron chi connectivity index (χ1n) is 8.42. The van der Waals surface area contributed by atoms with Crippen LogP contribution in [-0.4, -0.2) is 37.6 Å². The summed E-state index contributed by atoms with van der Waals surface area (Å²) in [6, 6.07) is 6.81. The van der Waals surface area contributed by atoms with Crippen LogP contribution in [0, 0.1) is 19.8 Å². The molecule has 2 aliphatic rings. The number of aryl methyl sites for hydroxylation is 2. The molecule has 2 nitrogen and oxygen atoms in total. The molecule has 0 bridgehead atoms. The van der Waals surface area contributed by atoms with Crippen molar-refractivity contribution in [2.45, 2.75) is 33.1 Å². The first-order chi connectivity index (χ1) is 10.2. The van der Waals surface area contributed by atoms with Crippen molar-refractivity contribution in [3.8, 4) is 0 Å². The van der Waals surface area contributed by atoms with E-state index in [4.69, 9.17) is 0 Å². The summed E-state index contributed by atoms with van der Waals surface area (Å²) in [6.45, 7) is 10.5. The van der Waals surface area contributed by atoms with Gasteiger partial charge in [0.15, 0.2) is 0 Å². The Morgan fingerprint density at radius 2 is 1.86 bits per heavy atom. The summed E-state index contributed by atoms with van der Waals surface area (Å²) >= 11 is 0. The predicted molar refractivity (Wildman–Crippen MR) is 91.1 cm³/mol. The molecule has 3 rings (SSSR count). The Hall–Kier alpha value is -1.28. The highest BCUT2D eigenvalue weighted by atomic mass is 15.3. The maximum atomic E-state index is 2.67. The van der Waals surface area contributed by atoms with Crippen molar-refractivity contribution < 1.29 is 0 Å². The lowest BCUT2D eigenvalue weighted by atomic mass is 9.94. The van der Waals surface area contributed by atoms with Crippen molar-refractivity contribution in [1.82, 2.24) is 4.90 Å². The topological polar surface area (TPSA) is 6.48 Å². The zero-order valence-corrected chi connectivity index (χ0v) is 13.5. The van der Waals surface area contributed by atoms with E-state index in [1.165, 1.54) is 68.8 Å². The Kier molecular flexibility index (Phi) is 4.64. The maximum Gasteiger partial charge on any atom is 0.0399 e. The normalized spacial score (nSPS) is 23.5. The fourth-order valence-corrected chi connectivity index (χ4v) is 3.62. The van der Waals surface area contributed by atoms with Gasteiger partial charge in [-0.1, -0.05) is 24.3 Å². The van der Waals surface area contributed by atoms with Gasteiger partial charge in [-0.15, -0.1) is 0 Å². The molecule has 1 heterocycles. The van der Waals surface area contributed by atoms with Crippen molar-refractivity contribution in [3.63, 3.8) is 0 Å². The number of rotatable bonds is 3. The molecule has 1 aromatic carbocycles. The molecule has 1 aliphatic heterocycles. The van der Waals surface area contributed by atoms with Crippen LogP contribution in [0.4, 0.5) is 5.69 Å². The summed E-state index contributed by atoms with van der Waals surface area (Å²) in [7, 11) is 0. The quantitative estimate of drug-likeness (QED) is 0.779. The highest BCUT2D eigenvalue weighted by Crippen LogP contribution is 2.24. The number of anilines is 1. The van der Waals surface area contributed by atoms with E-state index < -0.39 is 0 Å². The molecule has 0 radical (unpaired) electrons. The van der Waals surface area contributed by atoms with Crippen molar-refractivity contribution >= 4 is 5.69 Å². The molecule has 0 spiro atoms. The van der Waals surface area contributed by atoms with Crippen LogP contribution in [0.5, 0.6) is 0 Å². The van der Waals surface area contributed by atoms with E-state index in [0.29, 0.717) is 0 Å². The second-order valence-corrected chi connectivity index (χ2v) is 6.73. The van der Waals surface area contributed by atoms with Gasteiger partial charge in [-0.2, -0.15) is 0 Å². The summed E-state index contributed by atoms with van der Waals surface area (Å²) in [6.07, 6.45) is 8.67. The Balaban J connectivity index is 1.55. The number of hydrogen-bond donors (Lipinski definition) is 0. The molecule has 0 N–H and O–H groups in total. The minimum absolute atomic E-state index is 0.891. The van der Waals surface area contributed by atoms with Gasteiger partial charge in [0.2, 0.25) is 0 Å². The highest BCUT2D eigenvalue weighted by molar-refractivity contribution is 5.55. The van der Waals surface area contributed by atoms with Gasteiger partial charge in [-0.05, 0) is 56.2 Å². The van der Waals surface area contributed by atoms with Crippen LogP contribution in [-0.2, 0) is 0 Å². The molecular weight excluding hydrogens is 256 g/mol. The van der Waals surface area contributed by atoms with E-state index in [2.05, 4.69) is 54.0 Å². The standard InChI is InChI=1S/C19H28N2/c1-16-8-9-17(2)19(14-16)21-12-10-20(11-13-21)15-18-6-4-3-5-7-18/h3-4,8-9,14,18H,5-7,10-13,15H2,1-2H3/t18-/m1/s1. The molecule has 1 atom stereocenters. The molecule has 1 aliphatic carbocycles. The van der Waals surface area contributed by atoms with E-state index >= 15 is 0 Å². The third kappa shape index (κ3) is 3.68. The van der Waals surface area contributed by atoms with E-state index in [-0.39, 0.29) is 0 Å². The van der Waals surface area contributed by atoms with Crippen molar-refractivity contribution in [2.75, 3.05) is 37.6 Å². The molecule has 0 unspecified atom stereocenters. The number of benzene rings is 1. The summed E-state index contributed by atoms with van der Waals surface area (Å²) in [5.41, 5.74) is 4.22. The molecular formula is C19H28N2. The smallest absolute Gasteiger partial charge is 0.0399 e. The van der Waals surface area contributed by atoms with Crippen LogP contribution in [0.3, 0.4) is 0 Å². The van der Waals surface area contributed by atoms with E-state index in [1.54, 1.807) is 0 Å². The Morgan fingerprint density at radius 3 is 2.57 bits per heavy atom. The predicted octanol–water partition coefficient (Wildman–Crippen LogP) is 3.78. The molecule has 0 aromatic heterocycles. The molecule has 0 amide bonds. The zero-order valence-electron chi connectivity index (χ0n) is 13.5. The maximum absolute atomic E-state index is 2.67. The Morgan fingerprint density at radius 1 is 1.05 bits per heavy atom. The second kappa shape index (κ2) is 6.65. The number of piperazine rings is 1. The lowest BCUT2D eigenvalue weighted by molar-refractivity contribution is 0.211. The highest BCUT2D eigenvalue weighted by Gasteiger charge is 2.21. The number of hydrogen-bond acceptors (Lipinski definition) is 2. The van der Waals surface area contributed by atoms with Crippen LogP contribution in [0.1, 0.15) is 30.4 Å². The van der Waals surface area contributed by atoms with Gasteiger partial charge >= 0.3 is 0 Å². The molecule has 21 heavy (non-hydrogen) atoms. The Labute approximate surface area is 129 Å². The summed E-state index contributed by atoms with van der Waals surface area (Å²) in [5, 5.41) is 0. The lowest BCUT2D eigenvalue weighted by Crippen LogP contribution is -2.48. The average Bonchev–Trinajstić information content (AvgIpc) is 2.52. The second-order valence-electron chi connectivity index (χ2n) is 6.73. The van der Waals surface area contributed by atoms with Crippen molar-refractivity contribution in [1.29, 1.82) is 0 Å². The minimum atomic E-state index is 0.891. The van der Waals surface area contributed by atoms with Gasteiger partial charge in [0, 0.05) is 38.4 Å². The van der Waals surface area contributed by atoms with Crippen LogP contribution in [0.15, 0.2) is 30.4 Å². The van der Waals surface area contributed by atoms with Gasteiger partial charge in [-0.25, -0.2) is 0 Å². The number of allylic oxidation sites excluding steroid dienone is 2. The monoisotopic (exact) mass is 284 g/mol. The van der Waals surface area contributed by atoms with Gasteiger partial charge in [0.25, 0.3) is 0 Å². The van der Waals surface area contributed by atoms with E-state index in [9.17, 15) is 0 Å². The third-order valence-electron chi connectivity index (χ3n) is 4.97. The SMILES string of the molecule is Cc1ccc(C)c(N2CCN(C[C@@H]3CC=CCC3)CC2)c1. The molecule has 2 heteroatoms. The lowest BCUT2D eigenvalue weighted by Gasteiger charge is -2.38. The first-order valence-corrected chi connectivity index (χ1v) is 8.42. The van der Waals surface area contributed by atoms with Crippen LogP contribution >= 0.6 is 0 Å². The third-order valence-corrected chi connectivity index (χ3v) is 4.97. The van der Waals surface area contributed by atoms with E-state index in [0.717, 1.165) is 5.92 Å². The zero-order chi connectivity index (χ0) is 14.7. The molecule has 114 valence electrons. The Bertz CT molecular complexity index is 498. The van der Waals surface area contributed by atoms with Crippen LogP contribution in [0.25, 0.3) is 0 Å². The number of nitrogens with zero attached hydrogens (tertiary/aromatic N) is 2. The summed E-state index contributed by atoms with van der Waals surface area (Å²) in [4.78, 5) is 5.24. The average molecular weight is 284 g/mol. The summed E-state index contributed by atoms with van der Waals surface area (Å²) in [5.74, 6) is 0.891. The van der Waals surface area contributed by atoms with Crippen molar-refractivity contribution in [3.05, 3.63) is 41.5 Å². The summed E-state index contributed by atoms with van der Waals surface area (Å²) < 4.78 is 0. The molecule has 0 saturated carbocycles. The van der Waals surface area contributed by atoms with E-state index in [1.807, 2.05) is 0 Å². The molecule has 1 aromatic rings. The largest absolute Gasteiger partial charge is 0.369 e. The van der Waals surface area contributed by atoms with Crippen molar-refractivity contribution in [2.24, 2.45) is 5.92 Å². The minimum Gasteiger partial charge on any atom is -0.369 e. The fraction of sp³-hybridized carbons (Fsp3) is 0.579. The first kappa shape index (κ1) is 14.6. The van der Waals surface area contributed by atoms with Gasteiger partial charge in [0.05, 0.1) is 0 Å². The van der Waals surface area contributed by atoms with Gasteiger partial charge in [0.1, 0.15) is 0 Å². The van der Waals surface area contributed by atoms with Crippen LogP contribution in [0.2, 0.25) is 0 Å². The molecule has 1 saturated heterocycles. The fourth-order valence-electron chi connectivity index (χ4n) is 3.62.